The van der Waals surface area contributed by atoms with Crippen molar-refractivity contribution >= 4 is 5.78 Å². The zero-order chi connectivity index (χ0) is 21.9. The van der Waals surface area contributed by atoms with E-state index in [1.807, 2.05) is 7.11 Å². The van der Waals surface area contributed by atoms with Gasteiger partial charge in [0.05, 0.1) is 6.10 Å². The molecule has 0 N–H and O–H groups in total. The molecule has 2 nitrogen and oxygen atoms in total. The van der Waals surface area contributed by atoms with Gasteiger partial charge in [-0.05, 0) is 110 Å². The molecule has 6 aliphatic carbocycles. The highest BCUT2D eigenvalue weighted by Gasteiger charge is 2.77. The normalized spacial score (nSPS) is 57.6. The van der Waals surface area contributed by atoms with E-state index in [1.165, 1.54) is 57.8 Å². The van der Waals surface area contributed by atoms with E-state index in [0.717, 1.165) is 35.5 Å². The van der Waals surface area contributed by atoms with Gasteiger partial charge in [0.2, 0.25) is 0 Å². The first-order valence-electron chi connectivity index (χ1n) is 13.8. The van der Waals surface area contributed by atoms with Crippen LogP contribution in [0.15, 0.2) is 0 Å². The fourth-order valence-corrected chi connectivity index (χ4v) is 11.3. The highest BCUT2D eigenvalue weighted by molar-refractivity contribution is 5.85. The lowest BCUT2D eigenvalue weighted by Crippen LogP contribution is -2.57. The molecular formula is C29H46O2. The molecule has 6 rings (SSSR count). The quantitative estimate of drug-likeness (QED) is 0.485. The van der Waals surface area contributed by atoms with Gasteiger partial charge in [-0.3, -0.25) is 4.79 Å². The first-order valence-corrected chi connectivity index (χ1v) is 13.8. The Labute approximate surface area is 190 Å². The van der Waals surface area contributed by atoms with Gasteiger partial charge < -0.3 is 4.74 Å². The number of ketones is 1. The largest absolute Gasteiger partial charge is 0.381 e. The molecule has 0 amide bonds. The monoisotopic (exact) mass is 426 g/mol. The molecule has 0 heterocycles. The minimum atomic E-state index is 0.212. The summed E-state index contributed by atoms with van der Waals surface area (Å²) in [5.41, 5.74) is 1.58. The Balaban J connectivity index is 1.24. The lowest BCUT2D eigenvalue weighted by molar-refractivity contribution is -0.161. The molecule has 0 radical (unpaired) electrons. The molecule has 0 unspecified atom stereocenters. The minimum Gasteiger partial charge on any atom is -0.381 e. The summed E-state index contributed by atoms with van der Waals surface area (Å²) in [6.45, 7) is 12.1. The molecule has 0 aliphatic heterocycles. The second kappa shape index (κ2) is 6.61. The lowest BCUT2D eigenvalue weighted by atomic mass is 9.45. The van der Waals surface area contributed by atoms with Gasteiger partial charge in [-0.15, -0.1) is 0 Å². The number of fused-ring (bicyclic) bond motifs is 4. The molecule has 0 saturated heterocycles. The molecule has 0 aromatic rings. The first kappa shape index (κ1) is 21.2. The van der Waals surface area contributed by atoms with Crippen LogP contribution in [0, 0.1) is 69.5 Å². The molecule has 6 aliphatic rings. The van der Waals surface area contributed by atoms with E-state index in [-0.39, 0.29) is 5.92 Å². The first-order chi connectivity index (χ1) is 14.7. The number of rotatable bonds is 5. The van der Waals surface area contributed by atoms with Crippen molar-refractivity contribution in [2.24, 2.45) is 69.5 Å². The summed E-state index contributed by atoms with van der Waals surface area (Å²) in [4.78, 5) is 12.6. The van der Waals surface area contributed by atoms with Crippen molar-refractivity contribution in [3.05, 3.63) is 0 Å². The van der Waals surface area contributed by atoms with Crippen molar-refractivity contribution in [3.63, 3.8) is 0 Å². The van der Waals surface area contributed by atoms with E-state index in [4.69, 9.17) is 4.74 Å². The molecule has 2 heteroatoms. The Morgan fingerprint density at radius 2 is 1.74 bits per heavy atom. The second-order valence-corrected chi connectivity index (χ2v) is 13.9. The smallest absolute Gasteiger partial charge is 0.138 e. The van der Waals surface area contributed by atoms with Gasteiger partial charge in [0.15, 0.2) is 0 Å². The van der Waals surface area contributed by atoms with Gasteiger partial charge in [0.25, 0.3) is 0 Å². The van der Waals surface area contributed by atoms with Crippen LogP contribution in [0.25, 0.3) is 0 Å². The minimum absolute atomic E-state index is 0.212. The molecule has 6 saturated carbocycles. The summed E-state index contributed by atoms with van der Waals surface area (Å²) in [6, 6.07) is 0. The molecular weight excluding hydrogens is 380 g/mol. The summed E-state index contributed by atoms with van der Waals surface area (Å²) in [6.07, 6.45) is 13.2. The summed E-state index contributed by atoms with van der Waals surface area (Å²) >= 11 is 0. The van der Waals surface area contributed by atoms with E-state index in [9.17, 15) is 4.79 Å². The van der Waals surface area contributed by atoms with E-state index < -0.39 is 0 Å². The number of hydrogen-bond donors (Lipinski definition) is 0. The average molecular weight is 427 g/mol. The number of hydrogen-bond acceptors (Lipinski definition) is 2. The Morgan fingerprint density at radius 1 is 0.968 bits per heavy atom. The lowest BCUT2D eigenvalue weighted by Gasteiger charge is -2.61. The van der Waals surface area contributed by atoms with Gasteiger partial charge in [-0.2, -0.15) is 0 Å². The Hall–Kier alpha value is -0.370. The highest BCUT2D eigenvalue weighted by atomic mass is 16.5. The molecule has 12 atom stereocenters. The third-order valence-corrected chi connectivity index (χ3v) is 13.0. The zero-order valence-electron chi connectivity index (χ0n) is 21.0. The summed E-state index contributed by atoms with van der Waals surface area (Å²) in [5.74, 6) is 7.03. The third-order valence-electron chi connectivity index (χ3n) is 13.0. The van der Waals surface area contributed by atoms with E-state index in [1.54, 1.807) is 0 Å². The van der Waals surface area contributed by atoms with Crippen LogP contribution in [0.3, 0.4) is 0 Å². The van der Waals surface area contributed by atoms with Crippen LogP contribution in [-0.2, 0) is 9.53 Å². The van der Waals surface area contributed by atoms with Crippen molar-refractivity contribution in [2.45, 2.75) is 98.5 Å². The molecule has 0 aromatic heterocycles. The number of ether oxygens (including phenoxy) is 1. The Kier molecular flexibility index (Phi) is 4.51. The van der Waals surface area contributed by atoms with Crippen LogP contribution in [0.5, 0.6) is 0 Å². The topological polar surface area (TPSA) is 26.3 Å². The number of carbonyl (C=O) groups excluding carboxylic acids is 1. The Morgan fingerprint density at radius 3 is 2.42 bits per heavy atom. The van der Waals surface area contributed by atoms with Crippen molar-refractivity contribution in [3.8, 4) is 0 Å². The van der Waals surface area contributed by atoms with Gasteiger partial charge >= 0.3 is 0 Å². The fraction of sp³-hybridized carbons (Fsp3) is 0.966. The van der Waals surface area contributed by atoms with Crippen LogP contribution >= 0.6 is 0 Å². The molecule has 0 bridgehead atoms. The van der Waals surface area contributed by atoms with Crippen LogP contribution in [-0.4, -0.2) is 19.0 Å². The van der Waals surface area contributed by atoms with Crippen molar-refractivity contribution in [1.82, 2.24) is 0 Å². The van der Waals surface area contributed by atoms with Gasteiger partial charge in [-0.25, -0.2) is 0 Å². The predicted molar refractivity (Wildman–Crippen MR) is 124 cm³/mol. The van der Waals surface area contributed by atoms with Gasteiger partial charge in [0, 0.05) is 24.4 Å². The Bertz CT molecular complexity index is 773. The molecule has 6 fully saturated rings. The maximum absolute atomic E-state index is 12.6. The van der Waals surface area contributed by atoms with E-state index in [0.29, 0.717) is 40.0 Å². The van der Waals surface area contributed by atoms with Crippen molar-refractivity contribution in [2.75, 3.05) is 7.11 Å². The standard InChI is InChI=1S/C29H46O2/c1-16(2)26(30)20-13-19(20)17(3)22-7-8-23-21-14-25(31-6)29-15-18(29)9-12-28(29,5)24(21)10-11-27(22,23)4/h16-25H,7-15H2,1-6H3/t17-,18-,19-,20+,21+,22-,23+,24+,25-,27-,28-,29+/m1/s1. The summed E-state index contributed by atoms with van der Waals surface area (Å²) < 4.78 is 6.29. The van der Waals surface area contributed by atoms with E-state index in [2.05, 4.69) is 34.6 Å². The van der Waals surface area contributed by atoms with Crippen LogP contribution in [0.1, 0.15) is 92.4 Å². The second-order valence-electron chi connectivity index (χ2n) is 13.9. The van der Waals surface area contributed by atoms with E-state index >= 15 is 0 Å². The van der Waals surface area contributed by atoms with Crippen LogP contribution < -0.4 is 0 Å². The van der Waals surface area contributed by atoms with Crippen molar-refractivity contribution < 1.29 is 9.53 Å². The third kappa shape index (κ3) is 2.53. The highest BCUT2D eigenvalue weighted by Crippen LogP contribution is 2.82. The van der Waals surface area contributed by atoms with Crippen molar-refractivity contribution in [1.29, 1.82) is 0 Å². The average Bonchev–Trinajstić information content (AvgIpc) is 3.62. The summed E-state index contributed by atoms with van der Waals surface area (Å²) in [7, 11) is 2.01. The summed E-state index contributed by atoms with van der Waals surface area (Å²) in [5, 5.41) is 0. The fourth-order valence-electron chi connectivity index (χ4n) is 11.3. The SMILES string of the molecule is CO[C@@H]1C[C@H]2[C@@H]3CC[C@H]([C@H](C)[C@H]4C[C@@H]4C(=O)C(C)C)[C@@]3(C)CC[C@@H]2[C@@]2(C)CC[C@@H]3C[C@]312. The maximum atomic E-state index is 12.6. The molecule has 31 heavy (non-hydrogen) atoms. The number of methoxy groups -OCH3 is 1. The van der Waals surface area contributed by atoms with Gasteiger partial charge in [-0.1, -0.05) is 34.6 Å². The predicted octanol–water partition coefficient (Wildman–Crippen LogP) is 6.77. The van der Waals surface area contributed by atoms with Crippen LogP contribution in [0.2, 0.25) is 0 Å². The number of carbonyl (C=O) groups is 1. The molecule has 1 spiro atoms. The zero-order valence-corrected chi connectivity index (χ0v) is 21.0. The molecule has 174 valence electrons. The van der Waals surface area contributed by atoms with Gasteiger partial charge in [0.1, 0.15) is 5.78 Å². The van der Waals surface area contributed by atoms with Crippen LogP contribution in [0.4, 0.5) is 0 Å². The maximum Gasteiger partial charge on any atom is 0.138 e. The number of Topliss-reactive ketones (excluding diaryl/α,β-unsaturated/α-hetero) is 1. The molecule has 0 aromatic carbocycles.